The number of benzene rings is 2. The van der Waals surface area contributed by atoms with E-state index in [0.717, 1.165) is 5.56 Å². The molecular weight excluding hydrogens is 455 g/mol. The topological polar surface area (TPSA) is 119 Å². The SMILES string of the molecule is O=C(COC(=O)CCNS(=O)(=O)c1c(Cl)cccc1Cl)NC(=O)Cc1ccccc1. The van der Waals surface area contributed by atoms with E-state index < -0.39 is 34.4 Å². The van der Waals surface area contributed by atoms with Crippen LogP contribution in [0, 0.1) is 0 Å². The highest BCUT2D eigenvalue weighted by Gasteiger charge is 2.21. The number of nitrogens with one attached hydrogen (secondary N) is 2. The smallest absolute Gasteiger partial charge is 0.307 e. The Kier molecular flexibility index (Phi) is 8.79. The second kappa shape index (κ2) is 11.1. The number of imide groups is 1. The zero-order valence-electron chi connectivity index (χ0n) is 15.6. The van der Waals surface area contributed by atoms with Gasteiger partial charge in [-0.25, -0.2) is 13.1 Å². The zero-order chi connectivity index (χ0) is 22.1. The first kappa shape index (κ1) is 23.8. The first-order chi connectivity index (χ1) is 14.2. The van der Waals surface area contributed by atoms with Crippen LogP contribution in [0.2, 0.25) is 10.0 Å². The van der Waals surface area contributed by atoms with Crippen LogP contribution in [-0.2, 0) is 35.6 Å². The van der Waals surface area contributed by atoms with E-state index in [-0.39, 0.29) is 34.3 Å². The van der Waals surface area contributed by atoms with Crippen LogP contribution in [0.15, 0.2) is 53.4 Å². The van der Waals surface area contributed by atoms with Gasteiger partial charge in [-0.3, -0.25) is 19.7 Å². The number of halogens is 2. The average molecular weight is 473 g/mol. The van der Waals surface area contributed by atoms with Crippen molar-refractivity contribution in [2.45, 2.75) is 17.7 Å². The summed E-state index contributed by atoms with van der Waals surface area (Å²) in [4.78, 5) is 34.9. The first-order valence-corrected chi connectivity index (χ1v) is 10.9. The molecule has 0 heterocycles. The molecule has 0 bridgehead atoms. The number of sulfonamides is 1. The molecule has 0 aliphatic heterocycles. The molecule has 2 amide bonds. The standard InChI is InChI=1S/C19H18Cl2N2O6S/c20-14-7-4-8-15(21)19(14)30(27,28)22-10-9-18(26)29-12-17(25)23-16(24)11-13-5-2-1-3-6-13/h1-8,22H,9-12H2,(H,23,24,25). The fourth-order valence-electron chi connectivity index (χ4n) is 2.33. The highest BCUT2D eigenvalue weighted by molar-refractivity contribution is 7.89. The van der Waals surface area contributed by atoms with E-state index in [4.69, 9.17) is 27.9 Å². The maximum absolute atomic E-state index is 12.3. The van der Waals surface area contributed by atoms with E-state index in [1.54, 1.807) is 30.3 Å². The molecular formula is C19H18Cl2N2O6S. The number of amides is 2. The van der Waals surface area contributed by atoms with Crippen molar-refractivity contribution in [1.29, 1.82) is 0 Å². The lowest BCUT2D eigenvalue weighted by Crippen LogP contribution is -2.35. The number of hydrogen-bond acceptors (Lipinski definition) is 6. The van der Waals surface area contributed by atoms with Crippen molar-refractivity contribution in [1.82, 2.24) is 10.0 Å². The molecule has 0 aliphatic carbocycles. The Morgan fingerprint density at radius 1 is 0.900 bits per heavy atom. The number of carbonyl (C=O) groups is 3. The molecule has 0 spiro atoms. The average Bonchev–Trinajstić information content (AvgIpc) is 2.66. The molecule has 0 unspecified atom stereocenters. The zero-order valence-corrected chi connectivity index (χ0v) is 17.9. The summed E-state index contributed by atoms with van der Waals surface area (Å²) in [5.41, 5.74) is 0.728. The first-order valence-electron chi connectivity index (χ1n) is 8.65. The maximum Gasteiger partial charge on any atom is 0.307 e. The number of hydrogen-bond donors (Lipinski definition) is 2. The van der Waals surface area contributed by atoms with Gasteiger partial charge in [0.2, 0.25) is 15.9 Å². The molecule has 0 aromatic heterocycles. The molecule has 0 saturated heterocycles. The molecule has 0 aliphatic rings. The number of rotatable bonds is 9. The molecule has 30 heavy (non-hydrogen) atoms. The van der Waals surface area contributed by atoms with Gasteiger partial charge >= 0.3 is 5.97 Å². The summed E-state index contributed by atoms with van der Waals surface area (Å²) in [5, 5.41) is 1.98. The van der Waals surface area contributed by atoms with Gasteiger partial charge in [-0.1, -0.05) is 59.6 Å². The van der Waals surface area contributed by atoms with E-state index in [1.165, 1.54) is 18.2 Å². The van der Waals surface area contributed by atoms with Gasteiger partial charge in [0, 0.05) is 6.54 Å². The van der Waals surface area contributed by atoms with E-state index in [2.05, 4.69) is 10.0 Å². The largest absolute Gasteiger partial charge is 0.456 e. The molecule has 2 aromatic carbocycles. The van der Waals surface area contributed by atoms with Crippen LogP contribution in [0.1, 0.15) is 12.0 Å². The van der Waals surface area contributed by atoms with Crippen LogP contribution in [-0.4, -0.2) is 39.4 Å². The molecule has 2 rings (SSSR count). The Balaban J connectivity index is 1.73. The molecule has 0 saturated carbocycles. The highest BCUT2D eigenvalue weighted by atomic mass is 35.5. The molecule has 160 valence electrons. The van der Waals surface area contributed by atoms with Crippen LogP contribution in [0.4, 0.5) is 0 Å². The van der Waals surface area contributed by atoms with E-state index >= 15 is 0 Å². The van der Waals surface area contributed by atoms with Gasteiger partial charge in [0.15, 0.2) is 6.61 Å². The number of esters is 1. The summed E-state index contributed by atoms with van der Waals surface area (Å²) < 4.78 is 31.4. The molecule has 2 N–H and O–H groups in total. The third-order valence-electron chi connectivity index (χ3n) is 3.66. The lowest BCUT2D eigenvalue weighted by atomic mass is 10.1. The highest BCUT2D eigenvalue weighted by Crippen LogP contribution is 2.28. The van der Waals surface area contributed by atoms with Gasteiger partial charge in [0.25, 0.3) is 5.91 Å². The second-order valence-electron chi connectivity index (χ2n) is 5.99. The Bertz CT molecular complexity index is 1010. The summed E-state index contributed by atoms with van der Waals surface area (Å²) >= 11 is 11.7. The van der Waals surface area contributed by atoms with Gasteiger partial charge in [-0.2, -0.15) is 0 Å². The van der Waals surface area contributed by atoms with Crippen LogP contribution < -0.4 is 10.0 Å². The number of carbonyl (C=O) groups excluding carboxylic acids is 3. The van der Waals surface area contributed by atoms with E-state index in [1.807, 2.05) is 0 Å². The van der Waals surface area contributed by atoms with Gasteiger partial charge < -0.3 is 4.74 Å². The Hall–Kier alpha value is -2.46. The van der Waals surface area contributed by atoms with Crippen molar-refractivity contribution in [2.75, 3.05) is 13.2 Å². The lowest BCUT2D eigenvalue weighted by molar-refractivity contribution is -0.149. The van der Waals surface area contributed by atoms with Crippen molar-refractivity contribution in [3.63, 3.8) is 0 Å². The summed E-state index contributed by atoms with van der Waals surface area (Å²) in [6.45, 7) is -0.959. The second-order valence-corrected chi connectivity index (χ2v) is 8.51. The molecule has 0 fully saturated rings. The molecule has 8 nitrogen and oxygen atoms in total. The van der Waals surface area contributed by atoms with Crippen molar-refractivity contribution in [2.24, 2.45) is 0 Å². The molecule has 0 radical (unpaired) electrons. The van der Waals surface area contributed by atoms with Gasteiger partial charge in [-0.15, -0.1) is 0 Å². The fourth-order valence-corrected chi connectivity index (χ4v) is 4.51. The lowest BCUT2D eigenvalue weighted by Gasteiger charge is -2.10. The Morgan fingerprint density at radius 3 is 2.17 bits per heavy atom. The summed E-state index contributed by atoms with van der Waals surface area (Å²) in [7, 11) is -4.04. The predicted molar refractivity (Wildman–Crippen MR) is 111 cm³/mol. The van der Waals surface area contributed by atoms with E-state index in [0.29, 0.717) is 0 Å². The maximum atomic E-state index is 12.3. The van der Waals surface area contributed by atoms with Gasteiger partial charge in [0.05, 0.1) is 22.9 Å². The monoisotopic (exact) mass is 472 g/mol. The summed E-state index contributed by atoms with van der Waals surface area (Å²) in [6, 6.07) is 13.0. The van der Waals surface area contributed by atoms with Gasteiger partial charge in [-0.05, 0) is 17.7 Å². The van der Waals surface area contributed by atoms with Gasteiger partial charge in [0.1, 0.15) is 4.90 Å². The Morgan fingerprint density at radius 2 is 1.53 bits per heavy atom. The van der Waals surface area contributed by atoms with E-state index in [9.17, 15) is 22.8 Å². The third kappa shape index (κ3) is 7.42. The normalized spacial score (nSPS) is 11.0. The molecule has 2 aromatic rings. The van der Waals surface area contributed by atoms with Crippen molar-refractivity contribution < 1.29 is 27.5 Å². The minimum absolute atomic E-state index is 0.00686. The predicted octanol–water partition coefficient (Wildman–Crippen LogP) is 2.09. The summed E-state index contributed by atoms with van der Waals surface area (Å²) in [6.07, 6.45) is -0.334. The van der Waals surface area contributed by atoms with Crippen LogP contribution in [0.5, 0.6) is 0 Å². The quantitative estimate of drug-likeness (QED) is 0.539. The van der Waals surface area contributed by atoms with Crippen molar-refractivity contribution in [3.8, 4) is 0 Å². The minimum atomic E-state index is -4.04. The Labute approximate surface area is 183 Å². The third-order valence-corrected chi connectivity index (χ3v) is 6.07. The number of ether oxygens (including phenoxy) is 1. The van der Waals surface area contributed by atoms with Crippen LogP contribution in [0.3, 0.4) is 0 Å². The van der Waals surface area contributed by atoms with Crippen molar-refractivity contribution >= 4 is 51.0 Å². The van der Waals surface area contributed by atoms with Crippen LogP contribution >= 0.6 is 23.2 Å². The minimum Gasteiger partial charge on any atom is -0.456 e. The fraction of sp³-hybridized carbons (Fsp3) is 0.211. The van der Waals surface area contributed by atoms with Crippen LogP contribution in [0.25, 0.3) is 0 Å². The summed E-state index contributed by atoms with van der Waals surface area (Å²) in [5.74, 6) is -2.15. The molecule has 11 heteroatoms. The van der Waals surface area contributed by atoms with Crippen molar-refractivity contribution in [3.05, 3.63) is 64.1 Å². The molecule has 0 atom stereocenters.